The SMILES string of the molecule is Cc1cc(C)c(NC(=O)COC(=O)[C@@H]2CC(=O)N(c3ccccc3Cl)C2)c(C)c1. The highest BCUT2D eigenvalue weighted by molar-refractivity contribution is 6.33. The molecule has 1 saturated heterocycles. The van der Waals surface area contributed by atoms with Gasteiger partial charge in [-0.2, -0.15) is 0 Å². The molecule has 1 aliphatic rings. The predicted octanol–water partition coefficient (Wildman–Crippen LogP) is 3.80. The van der Waals surface area contributed by atoms with Gasteiger partial charge in [-0.1, -0.05) is 41.4 Å². The predicted molar refractivity (Wildman–Crippen MR) is 112 cm³/mol. The number of aryl methyl sites for hydroxylation is 3. The summed E-state index contributed by atoms with van der Waals surface area (Å²) in [5.41, 5.74) is 4.28. The Bertz CT molecular complexity index is 950. The van der Waals surface area contributed by atoms with Gasteiger partial charge in [-0.15, -0.1) is 0 Å². The lowest BCUT2D eigenvalue weighted by Gasteiger charge is -2.18. The van der Waals surface area contributed by atoms with Crippen LogP contribution < -0.4 is 10.2 Å². The number of hydrogen-bond donors (Lipinski definition) is 1. The number of esters is 1. The molecule has 0 radical (unpaired) electrons. The highest BCUT2D eigenvalue weighted by Crippen LogP contribution is 2.31. The van der Waals surface area contributed by atoms with Gasteiger partial charge in [-0.25, -0.2) is 0 Å². The van der Waals surface area contributed by atoms with E-state index in [-0.39, 0.29) is 18.9 Å². The summed E-state index contributed by atoms with van der Waals surface area (Å²) in [6.07, 6.45) is 0.0296. The molecule has 3 rings (SSSR count). The maximum absolute atomic E-state index is 12.4. The average Bonchev–Trinajstić information content (AvgIpc) is 3.04. The molecule has 0 spiro atoms. The summed E-state index contributed by atoms with van der Waals surface area (Å²) in [5.74, 6) is -1.81. The summed E-state index contributed by atoms with van der Waals surface area (Å²) >= 11 is 6.15. The number of para-hydroxylation sites is 1. The van der Waals surface area contributed by atoms with Crippen molar-refractivity contribution in [2.75, 3.05) is 23.4 Å². The molecule has 152 valence electrons. The fraction of sp³-hybridized carbons (Fsp3) is 0.318. The third kappa shape index (κ3) is 4.77. The van der Waals surface area contributed by atoms with Crippen LogP contribution in [-0.2, 0) is 19.1 Å². The lowest BCUT2D eigenvalue weighted by molar-refractivity contribution is -0.151. The Morgan fingerprint density at radius 2 is 1.83 bits per heavy atom. The van der Waals surface area contributed by atoms with E-state index in [1.165, 1.54) is 4.90 Å². The summed E-state index contributed by atoms with van der Waals surface area (Å²) in [4.78, 5) is 38.4. The number of ether oxygens (including phenoxy) is 1. The van der Waals surface area contributed by atoms with Crippen LogP contribution >= 0.6 is 11.6 Å². The Morgan fingerprint density at radius 1 is 1.17 bits per heavy atom. The fourth-order valence-electron chi connectivity index (χ4n) is 3.58. The number of benzene rings is 2. The fourth-order valence-corrected chi connectivity index (χ4v) is 3.81. The minimum Gasteiger partial charge on any atom is -0.455 e. The van der Waals surface area contributed by atoms with E-state index in [0.717, 1.165) is 22.4 Å². The van der Waals surface area contributed by atoms with E-state index in [0.29, 0.717) is 10.7 Å². The Hall–Kier alpha value is -2.86. The first-order valence-corrected chi connectivity index (χ1v) is 9.73. The van der Waals surface area contributed by atoms with Crippen LogP contribution in [0.4, 0.5) is 11.4 Å². The Kier molecular flexibility index (Phi) is 6.23. The quantitative estimate of drug-likeness (QED) is 0.755. The zero-order valence-corrected chi connectivity index (χ0v) is 17.4. The molecule has 0 aromatic heterocycles. The number of halogens is 1. The van der Waals surface area contributed by atoms with E-state index >= 15 is 0 Å². The van der Waals surface area contributed by atoms with Crippen molar-refractivity contribution < 1.29 is 19.1 Å². The van der Waals surface area contributed by atoms with Crippen LogP contribution in [0.5, 0.6) is 0 Å². The topological polar surface area (TPSA) is 75.7 Å². The Balaban J connectivity index is 1.57. The summed E-state index contributed by atoms with van der Waals surface area (Å²) in [6, 6.07) is 10.9. The van der Waals surface area contributed by atoms with Crippen molar-refractivity contribution in [2.24, 2.45) is 5.92 Å². The van der Waals surface area contributed by atoms with Gasteiger partial charge in [-0.05, 0) is 44.0 Å². The minimum absolute atomic E-state index is 0.0296. The molecule has 1 atom stereocenters. The lowest BCUT2D eigenvalue weighted by Crippen LogP contribution is -2.28. The maximum atomic E-state index is 12.4. The number of anilines is 2. The van der Waals surface area contributed by atoms with E-state index < -0.39 is 24.4 Å². The van der Waals surface area contributed by atoms with E-state index in [2.05, 4.69) is 5.32 Å². The third-order valence-electron chi connectivity index (χ3n) is 4.89. The highest BCUT2D eigenvalue weighted by atomic mass is 35.5. The normalized spacial score (nSPS) is 16.1. The number of hydrogen-bond acceptors (Lipinski definition) is 4. The lowest BCUT2D eigenvalue weighted by atomic mass is 10.1. The van der Waals surface area contributed by atoms with Crippen LogP contribution in [0, 0.1) is 26.7 Å². The van der Waals surface area contributed by atoms with Crippen molar-refractivity contribution in [1.82, 2.24) is 0 Å². The van der Waals surface area contributed by atoms with Crippen LogP contribution in [0.15, 0.2) is 36.4 Å². The maximum Gasteiger partial charge on any atom is 0.311 e. The van der Waals surface area contributed by atoms with E-state index in [1.54, 1.807) is 24.3 Å². The van der Waals surface area contributed by atoms with E-state index in [1.807, 2.05) is 32.9 Å². The number of carbonyl (C=O) groups is 3. The molecule has 0 unspecified atom stereocenters. The van der Waals surface area contributed by atoms with Crippen molar-refractivity contribution in [2.45, 2.75) is 27.2 Å². The first-order chi connectivity index (χ1) is 13.8. The van der Waals surface area contributed by atoms with Crippen LogP contribution in [0.2, 0.25) is 5.02 Å². The second kappa shape index (κ2) is 8.66. The molecular formula is C22H23ClN2O4. The smallest absolute Gasteiger partial charge is 0.311 e. The minimum atomic E-state index is -0.630. The van der Waals surface area contributed by atoms with E-state index in [4.69, 9.17) is 16.3 Å². The first kappa shape index (κ1) is 20.9. The van der Waals surface area contributed by atoms with Crippen molar-refractivity contribution >= 4 is 40.8 Å². The monoisotopic (exact) mass is 414 g/mol. The van der Waals surface area contributed by atoms with Gasteiger partial charge in [0.2, 0.25) is 5.91 Å². The van der Waals surface area contributed by atoms with Gasteiger partial charge in [0.05, 0.1) is 16.6 Å². The Morgan fingerprint density at radius 3 is 2.48 bits per heavy atom. The van der Waals surface area contributed by atoms with Crippen LogP contribution in [0.25, 0.3) is 0 Å². The zero-order valence-electron chi connectivity index (χ0n) is 16.6. The summed E-state index contributed by atoms with van der Waals surface area (Å²) in [7, 11) is 0. The van der Waals surface area contributed by atoms with Gasteiger partial charge in [0.15, 0.2) is 6.61 Å². The molecule has 7 heteroatoms. The summed E-state index contributed by atoms with van der Waals surface area (Å²) < 4.78 is 5.16. The number of nitrogens with one attached hydrogen (secondary N) is 1. The third-order valence-corrected chi connectivity index (χ3v) is 5.21. The number of rotatable bonds is 5. The van der Waals surface area contributed by atoms with Gasteiger partial charge in [-0.3, -0.25) is 14.4 Å². The zero-order chi connectivity index (χ0) is 21.1. The van der Waals surface area contributed by atoms with Crippen LogP contribution in [-0.4, -0.2) is 30.9 Å². The second-order valence-corrected chi connectivity index (χ2v) is 7.69. The van der Waals surface area contributed by atoms with E-state index in [9.17, 15) is 14.4 Å². The molecule has 1 N–H and O–H groups in total. The Labute approximate surface area is 174 Å². The average molecular weight is 415 g/mol. The number of amides is 2. The molecule has 1 heterocycles. The summed E-state index contributed by atoms with van der Waals surface area (Å²) in [6.45, 7) is 5.59. The first-order valence-electron chi connectivity index (χ1n) is 9.35. The van der Waals surface area contributed by atoms with Gasteiger partial charge in [0.1, 0.15) is 0 Å². The molecule has 2 amide bonds. The molecule has 2 aromatic rings. The number of nitrogens with zero attached hydrogens (tertiary/aromatic N) is 1. The summed E-state index contributed by atoms with van der Waals surface area (Å²) in [5, 5.41) is 3.23. The van der Waals surface area contributed by atoms with Crippen LogP contribution in [0.3, 0.4) is 0 Å². The largest absolute Gasteiger partial charge is 0.455 e. The molecule has 0 aliphatic carbocycles. The van der Waals surface area contributed by atoms with Gasteiger partial charge in [0, 0.05) is 18.7 Å². The molecule has 0 saturated carbocycles. The molecular weight excluding hydrogens is 392 g/mol. The molecule has 0 bridgehead atoms. The van der Waals surface area contributed by atoms with Crippen molar-refractivity contribution in [1.29, 1.82) is 0 Å². The van der Waals surface area contributed by atoms with Crippen molar-refractivity contribution in [3.05, 3.63) is 58.1 Å². The van der Waals surface area contributed by atoms with Gasteiger partial charge in [0.25, 0.3) is 5.91 Å². The van der Waals surface area contributed by atoms with Gasteiger partial charge >= 0.3 is 5.97 Å². The van der Waals surface area contributed by atoms with Crippen molar-refractivity contribution in [3.8, 4) is 0 Å². The van der Waals surface area contributed by atoms with Crippen LogP contribution in [0.1, 0.15) is 23.1 Å². The van der Waals surface area contributed by atoms with Gasteiger partial charge < -0.3 is 15.0 Å². The standard InChI is InChI=1S/C22H23ClN2O4/c1-13-8-14(2)21(15(3)9-13)24-19(26)12-29-22(28)16-10-20(27)25(11-16)18-7-5-4-6-17(18)23/h4-9,16H,10-12H2,1-3H3,(H,24,26)/t16-/m1/s1. The molecule has 6 nitrogen and oxygen atoms in total. The second-order valence-electron chi connectivity index (χ2n) is 7.29. The van der Waals surface area contributed by atoms with Crippen molar-refractivity contribution in [3.63, 3.8) is 0 Å². The molecule has 29 heavy (non-hydrogen) atoms. The number of carbonyl (C=O) groups excluding carboxylic acids is 3. The highest BCUT2D eigenvalue weighted by Gasteiger charge is 2.37. The molecule has 2 aromatic carbocycles. The molecule has 1 aliphatic heterocycles. The molecule has 1 fully saturated rings.